The number of benzene rings is 1. The molecule has 0 fully saturated rings. The summed E-state index contributed by atoms with van der Waals surface area (Å²) < 4.78 is 8.21. The number of hydrogen-bond acceptors (Lipinski definition) is 6. The number of anilines is 1. The van der Waals surface area contributed by atoms with Gasteiger partial charge in [-0.15, -0.1) is 0 Å². The normalized spacial score (nSPS) is 10.5. The Hall–Kier alpha value is -3.40. The lowest BCUT2D eigenvalue weighted by atomic mass is 10.3. The first-order valence-electron chi connectivity index (χ1n) is 7.37. The van der Waals surface area contributed by atoms with Gasteiger partial charge in [-0.3, -0.25) is 19.6 Å². The highest BCUT2D eigenvalue weighted by molar-refractivity contribution is 6.30. The Bertz CT molecular complexity index is 938. The molecule has 0 saturated heterocycles. The number of nitrogens with zero attached hydrogens (tertiary/aromatic N) is 5. The summed E-state index contributed by atoms with van der Waals surface area (Å²) in [4.78, 5) is 22.0. The molecule has 1 aromatic carbocycles. The first-order valence-corrected chi connectivity index (χ1v) is 7.75. The van der Waals surface area contributed by atoms with Crippen molar-refractivity contribution in [3.8, 4) is 5.75 Å². The fourth-order valence-electron chi connectivity index (χ4n) is 2.08. The third-order valence-electron chi connectivity index (χ3n) is 3.21. The van der Waals surface area contributed by atoms with Crippen LogP contribution in [-0.2, 0) is 18.1 Å². The van der Waals surface area contributed by atoms with E-state index in [-0.39, 0.29) is 19.0 Å². The van der Waals surface area contributed by atoms with Crippen LogP contribution >= 0.6 is 11.6 Å². The largest absolute Gasteiger partial charge is 0.471 e. The second-order valence-electron chi connectivity index (χ2n) is 5.20. The van der Waals surface area contributed by atoms with Gasteiger partial charge < -0.3 is 10.1 Å². The molecule has 1 N–H and O–H groups in total. The lowest BCUT2D eigenvalue weighted by molar-refractivity contribution is -0.385. The number of ether oxygens (including phenoxy) is 1. The van der Waals surface area contributed by atoms with Crippen LogP contribution < -0.4 is 10.1 Å². The molecule has 10 nitrogen and oxygen atoms in total. The molecule has 0 aliphatic rings. The van der Waals surface area contributed by atoms with E-state index in [1.54, 1.807) is 30.5 Å². The van der Waals surface area contributed by atoms with Crippen LogP contribution in [0.1, 0.15) is 0 Å². The molecule has 0 aliphatic carbocycles. The quantitative estimate of drug-likeness (QED) is 0.499. The Morgan fingerprint density at radius 1 is 1.27 bits per heavy atom. The molecule has 0 atom stereocenters. The van der Waals surface area contributed by atoms with E-state index in [1.165, 1.54) is 21.8 Å². The number of carbonyl (C=O) groups excluding carboxylic acids is 1. The van der Waals surface area contributed by atoms with E-state index in [0.717, 1.165) is 6.20 Å². The SMILES string of the molecule is O=C(Cn1cc([N+](=O)[O-])cn1)Nc1cnn(COc2cccc(Cl)c2)c1. The zero-order valence-electron chi connectivity index (χ0n) is 13.3. The first-order chi connectivity index (χ1) is 12.5. The second kappa shape index (κ2) is 7.66. The van der Waals surface area contributed by atoms with Gasteiger partial charge in [0.1, 0.15) is 24.7 Å². The van der Waals surface area contributed by atoms with Crippen molar-refractivity contribution in [3.63, 3.8) is 0 Å². The molecule has 3 aromatic rings. The van der Waals surface area contributed by atoms with Gasteiger partial charge in [0.05, 0.1) is 23.0 Å². The molecule has 0 bridgehead atoms. The predicted octanol–water partition coefficient (Wildman–Crippen LogP) is 2.32. The Kier molecular flexibility index (Phi) is 5.13. The summed E-state index contributed by atoms with van der Waals surface area (Å²) in [5.41, 5.74) is 0.287. The molecule has 0 unspecified atom stereocenters. The summed E-state index contributed by atoms with van der Waals surface area (Å²) in [5.74, 6) is 0.206. The van der Waals surface area contributed by atoms with Gasteiger partial charge in [0, 0.05) is 5.02 Å². The summed E-state index contributed by atoms with van der Waals surface area (Å²) in [6.07, 6.45) is 5.32. The molecule has 3 rings (SSSR count). The molecule has 0 aliphatic heterocycles. The smallest absolute Gasteiger partial charge is 0.307 e. The van der Waals surface area contributed by atoms with Crippen LogP contribution in [0.25, 0.3) is 0 Å². The molecular weight excluding hydrogens is 364 g/mol. The monoisotopic (exact) mass is 376 g/mol. The van der Waals surface area contributed by atoms with E-state index in [4.69, 9.17) is 16.3 Å². The van der Waals surface area contributed by atoms with Gasteiger partial charge in [0.25, 0.3) is 0 Å². The molecule has 11 heteroatoms. The third kappa shape index (κ3) is 4.57. The molecule has 2 aromatic heterocycles. The number of nitrogens with one attached hydrogen (secondary N) is 1. The summed E-state index contributed by atoms with van der Waals surface area (Å²) in [5, 5.41) is 21.6. The Morgan fingerprint density at radius 2 is 2.08 bits per heavy atom. The highest BCUT2D eigenvalue weighted by Crippen LogP contribution is 2.17. The standard InChI is InChI=1S/C15H13ClN6O4/c16-11-2-1-3-14(4-11)26-10-21-7-12(5-17-21)19-15(23)9-20-8-13(6-18-20)22(24)25/h1-8H,9-10H2,(H,19,23). The fraction of sp³-hybridized carbons (Fsp3) is 0.133. The number of halogens is 1. The third-order valence-corrected chi connectivity index (χ3v) is 3.45. The van der Waals surface area contributed by atoms with E-state index in [2.05, 4.69) is 15.5 Å². The van der Waals surface area contributed by atoms with Crippen molar-refractivity contribution in [2.45, 2.75) is 13.3 Å². The minimum absolute atomic E-state index is 0.140. The minimum Gasteiger partial charge on any atom is -0.471 e. The average molecular weight is 377 g/mol. The van der Waals surface area contributed by atoms with Crippen molar-refractivity contribution in [2.75, 3.05) is 5.32 Å². The van der Waals surface area contributed by atoms with Gasteiger partial charge in [-0.2, -0.15) is 10.2 Å². The molecular formula is C15H13ClN6O4. The van der Waals surface area contributed by atoms with Crippen LogP contribution in [-0.4, -0.2) is 30.4 Å². The van der Waals surface area contributed by atoms with Crippen molar-refractivity contribution < 1.29 is 14.5 Å². The maximum absolute atomic E-state index is 12.0. The Labute approximate surface area is 152 Å². The average Bonchev–Trinajstić information content (AvgIpc) is 3.22. The van der Waals surface area contributed by atoms with Crippen molar-refractivity contribution in [1.82, 2.24) is 19.6 Å². The van der Waals surface area contributed by atoms with Gasteiger partial charge in [-0.05, 0) is 18.2 Å². The number of hydrogen-bond donors (Lipinski definition) is 1. The van der Waals surface area contributed by atoms with E-state index in [1.807, 2.05) is 0 Å². The first kappa shape index (κ1) is 17.4. The van der Waals surface area contributed by atoms with Crippen LogP contribution in [0.5, 0.6) is 5.75 Å². The summed E-state index contributed by atoms with van der Waals surface area (Å²) in [7, 11) is 0. The highest BCUT2D eigenvalue weighted by Gasteiger charge is 2.12. The van der Waals surface area contributed by atoms with Crippen LogP contribution in [0.2, 0.25) is 5.02 Å². The van der Waals surface area contributed by atoms with E-state index < -0.39 is 10.8 Å². The molecule has 0 radical (unpaired) electrons. The molecule has 0 spiro atoms. The van der Waals surface area contributed by atoms with Gasteiger partial charge in [-0.25, -0.2) is 4.68 Å². The molecule has 1 amide bonds. The predicted molar refractivity (Wildman–Crippen MR) is 91.8 cm³/mol. The topological polar surface area (TPSA) is 117 Å². The van der Waals surface area contributed by atoms with Gasteiger partial charge in [0.2, 0.25) is 5.91 Å². The van der Waals surface area contributed by atoms with Crippen LogP contribution in [0, 0.1) is 10.1 Å². The summed E-state index contributed by atoms with van der Waals surface area (Å²) >= 11 is 5.88. The van der Waals surface area contributed by atoms with Crippen molar-refractivity contribution >= 4 is 28.9 Å². The maximum Gasteiger partial charge on any atom is 0.307 e. The lowest BCUT2D eigenvalue weighted by Crippen LogP contribution is -2.18. The van der Waals surface area contributed by atoms with Crippen molar-refractivity contribution in [2.24, 2.45) is 0 Å². The van der Waals surface area contributed by atoms with E-state index >= 15 is 0 Å². The highest BCUT2D eigenvalue weighted by atomic mass is 35.5. The van der Waals surface area contributed by atoms with Crippen LogP contribution in [0.15, 0.2) is 49.1 Å². The fourth-order valence-corrected chi connectivity index (χ4v) is 2.26. The van der Waals surface area contributed by atoms with Crippen LogP contribution in [0.3, 0.4) is 0 Å². The number of amides is 1. The van der Waals surface area contributed by atoms with Gasteiger partial charge in [0.15, 0.2) is 6.73 Å². The summed E-state index contributed by atoms with van der Waals surface area (Å²) in [6, 6.07) is 6.95. The number of nitro groups is 1. The Balaban J connectivity index is 1.52. The maximum atomic E-state index is 12.0. The minimum atomic E-state index is -0.578. The molecule has 134 valence electrons. The second-order valence-corrected chi connectivity index (χ2v) is 5.64. The Morgan fingerprint density at radius 3 is 2.81 bits per heavy atom. The van der Waals surface area contributed by atoms with Gasteiger partial charge in [-0.1, -0.05) is 17.7 Å². The number of aromatic nitrogens is 4. The number of carbonyl (C=O) groups is 1. The molecule has 0 saturated carbocycles. The van der Waals surface area contributed by atoms with Crippen molar-refractivity contribution in [3.05, 3.63) is 64.2 Å². The number of rotatable bonds is 7. The molecule has 2 heterocycles. The zero-order chi connectivity index (χ0) is 18.5. The van der Waals surface area contributed by atoms with Crippen LogP contribution in [0.4, 0.5) is 11.4 Å². The lowest BCUT2D eigenvalue weighted by Gasteiger charge is -2.06. The zero-order valence-corrected chi connectivity index (χ0v) is 14.0. The summed E-state index contributed by atoms with van der Waals surface area (Å²) in [6.45, 7) is -0.0143. The van der Waals surface area contributed by atoms with E-state index in [0.29, 0.717) is 16.5 Å². The molecule has 26 heavy (non-hydrogen) atoms. The van der Waals surface area contributed by atoms with E-state index in [9.17, 15) is 14.9 Å². The van der Waals surface area contributed by atoms with Gasteiger partial charge >= 0.3 is 5.69 Å². The van der Waals surface area contributed by atoms with Crippen molar-refractivity contribution in [1.29, 1.82) is 0 Å².